The molecule has 0 amide bonds. The molecule has 0 fully saturated rings. The van der Waals surface area contributed by atoms with Crippen molar-refractivity contribution in [3.8, 4) is 0 Å². The van der Waals surface area contributed by atoms with Gasteiger partial charge in [-0.3, -0.25) is 14.8 Å². The van der Waals surface area contributed by atoms with Crippen molar-refractivity contribution in [2.24, 2.45) is 15.9 Å². The molecule has 0 bridgehead atoms. The summed E-state index contributed by atoms with van der Waals surface area (Å²) in [5.41, 5.74) is 2.16. The standard InChI is InChI=1S/C12H9N2S.C5H8O2.Ir/c1-2-4-9(5-3-1)11-10-6-7-15-12(10)14-8-13-11;1-4(6)3-5(2)7;/h1-4,6-8,10,12H;3,6H,1-2H3;/q-1;;/b;4-3-;. The van der Waals surface area contributed by atoms with Gasteiger partial charge in [-0.05, 0) is 25.0 Å². The molecule has 23 heavy (non-hydrogen) atoms. The number of carbonyl (C=O) groups is 1. The van der Waals surface area contributed by atoms with E-state index in [-0.39, 0.29) is 37.0 Å². The second kappa shape index (κ2) is 9.60. The van der Waals surface area contributed by atoms with Gasteiger partial charge in [0.25, 0.3) is 0 Å². The summed E-state index contributed by atoms with van der Waals surface area (Å²) in [4.78, 5) is 18.7. The van der Waals surface area contributed by atoms with Crippen molar-refractivity contribution in [2.75, 3.05) is 0 Å². The Balaban J connectivity index is 0.000000287. The van der Waals surface area contributed by atoms with Crippen LogP contribution in [-0.4, -0.2) is 28.3 Å². The number of ketones is 1. The van der Waals surface area contributed by atoms with Gasteiger partial charge in [0.05, 0.1) is 5.76 Å². The van der Waals surface area contributed by atoms with Crippen molar-refractivity contribution >= 4 is 29.6 Å². The third kappa shape index (κ3) is 5.90. The number of allylic oxidation sites excluding steroid dienone is 2. The maximum atomic E-state index is 10.0. The summed E-state index contributed by atoms with van der Waals surface area (Å²) >= 11 is 1.75. The molecule has 0 saturated heterocycles. The fourth-order valence-electron chi connectivity index (χ4n) is 2.09. The molecule has 0 aliphatic carbocycles. The summed E-state index contributed by atoms with van der Waals surface area (Å²) in [5.74, 6) is 0.256. The summed E-state index contributed by atoms with van der Waals surface area (Å²) in [5, 5.41) is 10.8. The third-order valence-electron chi connectivity index (χ3n) is 2.93. The second-order valence-corrected chi connectivity index (χ2v) is 5.86. The summed E-state index contributed by atoms with van der Waals surface area (Å²) in [6, 6.07) is 11.2. The monoisotopic (exact) mass is 506 g/mol. The number of thioether (sulfide) groups is 1. The summed E-state index contributed by atoms with van der Waals surface area (Å²) in [6.07, 6.45) is 5.00. The average molecular weight is 506 g/mol. The molecule has 1 aromatic rings. The van der Waals surface area contributed by atoms with Crippen LogP contribution < -0.4 is 0 Å². The Hall–Kier alpha value is -1.49. The Morgan fingerprint density at radius 3 is 2.74 bits per heavy atom. The Kier molecular flexibility index (Phi) is 8.17. The molecule has 0 aromatic heterocycles. The number of nitrogens with zero attached hydrogens (tertiary/aromatic N) is 2. The van der Waals surface area contributed by atoms with Gasteiger partial charge in [0.15, 0.2) is 5.78 Å². The number of rotatable bonds is 2. The maximum absolute atomic E-state index is 10.0. The first kappa shape index (κ1) is 19.6. The molecule has 2 aliphatic heterocycles. The van der Waals surface area contributed by atoms with Crippen molar-refractivity contribution in [3.63, 3.8) is 0 Å². The Labute approximate surface area is 153 Å². The molecule has 2 atom stereocenters. The van der Waals surface area contributed by atoms with E-state index in [0.717, 1.165) is 11.3 Å². The zero-order chi connectivity index (χ0) is 15.9. The molecule has 2 aliphatic rings. The molecule has 4 nitrogen and oxygen atoms in total. The minimum Gasteiger partial charge on any atom is -0.512 e. The molecular weight excluding hydrogens is 488 g/mol. The number of aliphatic hydroxyl groups excluding tert-OH is 1. The van der Waals surface area contributed by atoms with E-state index in [1.807, 2.05) is 24.3 Å². The predicted molar refractivity (Wildman–Crippen MR) is 91.4 cm³/mol. The SMILES string of the molecule is CC(=O)/C=C(/C)O.[Ir].[c-]1ccccc1C1=NC=NC2SC=CC12. The van der Waals surface area contributed by atoms with Gasteiger partial charge >= 0.3 is 0 Å². The Morgan fingerprint density at radius 2 is 2.17 bits per heavy atom. The van der Waals surface area contributed by atoms with E-state index in [2.05, 4.69) is 27.5 Å². The van der Waals surface area contributed by atoms with Crippen LogP contribution in [0.5, 0.6) is 0 Å². The van der Waals surface area contributed by atoms with Crippen molar-refractivity contribution in [2.45, 2.75) is 19.2 Å². The van der Waals surface area contributed by atoms with Gasteiger partial charge in [0.1, 0.15) is 11.7 Å². The number of hydrogen-bond acceptors (Lipinski definition) is 5. The van der Waals surface area contributed by atoms with Crippen molar-refractivity contribution < 1.29 is 30.0 Å². The topological polar surface area (TPSA) is 62.0 Å². The first-order valence-electron chi connectivity index (χ1n) is 6.84. The quantitative estimate of drug-likeness (QED) is 0.380. The minimum absolute atomic E-state index is 0. The zero-order valence-corrected chi connectivity index (χ0v) is 16.0. The van der Waals surface area contributed by atoms with Gasteiger partial charge in [0, 0.05) is 32.1 Å². The molecule has 0 saturated carbocycles. The van der Waals surface area contributed by atoms with Crippen molar-refractivity contribution in [3.05, 3.63) is 59.2 Å². The van der Waals surface area contributed by atoms with Crippen LogP contribution in [0.3, 0.4) is 0 Å². The van der Waals surface area contributed by atoms with E-state index in [4.69, 9.17) is 5.11 Å². The largest absolute Gasteiger partial charge is 0.512 e. The van der Waals surface area contributed by atoms with Crippen LogP contribution >= 0.6 is 11.8 Å². The van der Waals surface area contributed by atoms with Crippen molar-refractivity contribution in [1.29, 1.82) is 0 Å². The van der Waals surface area contributed by atoms with Crippen LogP contribution in [0.1, 0.15) is 19.4 Å². The third-order valence-corrected chi connectivity index (χ3v) is 3.94. The normalized spacial score (nSPS) is 21.5. The second-order valence-electron chi connectivity index (χ2n) is 4.83. The molecule has 1 aromatic carbocycles. The number of benzene rings is 1. The molecule has 1 radical (unpaired) electrons. The molecule has 2 heterocycles. The van der Waals surface area contributed by atoms with E-state index in [0.29, 0.717) is 5.92 Å². The van der Waals surface area contributed by atoms with E-state index in [1.165, 1.54) is 19.9 Å². The van der Waals surface area contributed by atoms with Crippen LogP contribution in [0.2, 0.25) is 0 Å². The average Bonchev–Trinajstić information content (AvgIpc) is 2.95. The van der Waals surface area contributed by atoms with Gasteiger partial charge < -0.3 is 5.11 Å². The van der Waals surface area contributed by atoms with Gasteiger partial charge in [-0.15, -0.1) is 47.7 Å². The first-order chi connectivity index (χ1) is 10.6. The molecule has 1 N–H and O–H groups in total. The molecular formula is C17H17IrN2O2S-. The molecule has 0 spiro atoms. The fraction of sp³-hybridized carbons (Fsp3) is 0.235. The smallest absolute Gasteiger partial charge is 0.155 e. The van der Waals surface area contributed by atoms with Crippen LogP contribution in [0.25, 0.3) is 0 Å². The van der Waals surface area contributed by atoms with Gasteiger partial charge in [-0.25, -0.2) is 0 Å². The van der Waals surface area contributed by atoms with Crippen LogP contribution in [0.4, 0.5) is 0 Å². The van der Waals surface area contributed by atoms with E-state index in [1.54, 1.807) is 18.1 Å². The molecule has 3 rings (SSSR count). The van der Waals surface area contributed by atoms with Crippen LogP contribution in [-0.2, 0) is 24.9 Å². The number of carbonyl (C=O) groups excluding carboxylic acids is 1. The number of fused-ring (bicyclic) bond motifs is 1. The summed E-state index contributed by atoms with van der Waals surface area (Å²) < 4.78 is 0. The predicted octanol–water partition coefficient (Wildman–Crippen LogP) is 3.56. The fourth-order valence-corrected chi connectivity index (χ4v) is 3.02. The molecule has 2 unspecified atom stereocenters. The minimum atomic E-state index is -0.125. The summed E-state index contributed by atoms with van der Waals surface area (Å²) in [7, 11) is 0. The molecule has 6 heteroatoms. The number of hydrogen-bond donors (Lipinski definition) is 1. The van der Waals surface area contributed by atoms with E-state index >= 15 is 0 Å². The Bertz CT molecular complexity index is 650. The van der Waals surface area contributed by atoms with Crippen LogP contribution in [0, 0.1) is 12.0 Å². The zero-order valence-electron chi connectivity index (χ0n) is 12.8. The van der Waals surface area contributed by atoms with E-state index < -0.39 is 0 Å². The molecule has 123 valence electrons. The Morgan fingerprint density at radius 1 is 1.39 bits per heavy atom. The summed E-state index contributed by atoms with van der Waals surface area (Å²) in [6.45, 7) is 2.85. The number of aliphatic hydroxyl groups is 1. The number of aliphatic imine (C=N–C) groups is 2. The van der Waals surface area contributed by atoms with Crippen molar-refractivity contribution in [1.82, 2.24) is 0 Å². The van der Waals surface area contributed by atoms with Gasteiger partial charge in [-0.1, -0.05) is 6.08 Å². The first-order valence-corrected chi connectivity index (χ1v) is 7.78. The van der Waals surface area contributed by atoms with E-state index in [9.17, 15) is 4.79 Å². The van der Waals surface area contributed by atoms with Gasteiger partial charge in [-0.2, -0.15) is 0 Å². The maximum Gasteiger partial charge on any atom is 0.155 e. The van der Waals surface area contributed by atoms with Crippen LogP contribution in [0.15, 0.2) is 57.6 Å². The van der Waals surface area contributed by atoms with Gasteiger partial charge in [0.2, 0.25) is 0 Å².